The van der Waals surface area contributed by atoms with Gasteiger partial charge in [-0.2, -0.15) is 0 Å². The number of carbonyl (C=O) groups excluding carboxylic acids is 1. The third-order valence-electron chi connectivity index (χ3n) is 2.66. The van der Waals surface area contributed by atoms with Crippen molar-refractivity contribution in [2.75, 3.05) is 6.61 Å². The van der Waals surface area contributed by atoms with Crippen LogP contribution in [0.15, 0.2) is 24.3 Å². The van der Waals surface area contributed by atoms with Crippen LogP contribution in [0.5, 0.6) is 5.75 Å². The predicted molar refractivity (Wildman–Crippen MR) is 82.1 cm³/mol. The zero-order valence-electron chi connectivity index (χ0n) is 13.4. The topological polar surface area (TPSA) is 84.9 Å². The molecule has 6 heteroatoms. The molecule has 1 atom stereocenters. The number of amides is 1. The second-order valence-corrected chi connectivity index (χ2v) is 5.82. The Kier molecular flexibility index (Phi) is 6.22. The van der Waals surface area contributed by atoms with Gasteiger partial charge in [-0.1, -0.05) is 12.1 Å². The van der Waals surface area contributed by atoms with Gasteiger partial charge in [0.05, 0.1) is 6.61 Å². The molecule has 0 heterocycles. The van der Waals surface area contributed by atoms with Gasteiger partial charge in [-0.3, -0.25) is 0 Å². The molecule has 1 aromatic rings. The molecule has 122 valence electrons. The van der Waals surface area contributed by atoms with E-state index in [1.165, 1.54) is 0 Å². The van der Waals surface area contributed by atoms with Gasteiger partial charge in [0.1, 0.15) is 17.4 Å². The number of hydrogen-bond acceptors (Lipinski definition) is 4. The lowest BCUT2D eigenvalue weighted by Crippen LogP contribution is -2.44. The Balaban J connectivity index is 2.68. The van der Waals surface area contributed by atoms with Crippen LogP contribution in [0, 0.1) is 0 Å². The van der Waals surface area contributed by atoms with Crippen LogP contribution in [-0.2, 0) is 16.0 Å². The predicted octanol–water partition coefficient (Wildman–Crippen LogP) is 2.61. The van der Waals surface area contributed by atoms with Crippen molar-refractivity contribution in [3.8, 4) is 5.75 Å². The van der Waals surface area contributed by atoms with Crippen molar-refractivity contribution in [3.63, 3.8) is 0 Å². The molecule has 0 aliphatic rings. The smallest absolute Gasteiger partial charge is 0.408 e. The maximum Gasteiger partial charge on any atom is 0.408 e. The second kappa shape index (κ2) is 7.68. The Labute approximate surface area is 130 Å². The molecule has 1 rings (SSSR count). The first-order valence-electron chi connectivity index (χ1n) is 7.15. The third-order valence-corrected chi connectivity index (χ3v) is 2.66. The SMILES string of the molecule is CCOc1ccc(C[C@@H](NC(=O)OC(C)(C)C)C(=O)O)cc1. The minimum Gasteiger partial charge on any atom is -0.494 e. The van der Waals surface area contributed by atoms with Crippen molar-refractivity contribution in [2.45, 2.75) is 45.8 Å². The van der Waals surface area contributed by atoms with Gasteiger partial charge in [0.25, 0.3) is 0 Å². The standard InChI is InChI=1S/C16H23NO5/c1-5-21-12-8-6-11(7-9-12)10-13(14(18)19)17-15(20)22-16(2,3)4/h6-9,13H,5,10H2,1-4H3,(H,17,20)(H,18,19)/t13-/m1/s1. The van der Waals surface area contributed by atoms with E-state index in [1.807, 2.05) is 6.92 Å². The molecule has 0 saturated heterocycles. The zero-order chi connectivity index (χ0) is 16.8. The lowest BCUT2D eigenvalue weighted by molar-refractivity contribution is -0.139. The summed E-state index contributed by atoms with van der Waals surface area (Å²) >= 11 is 0. The van der Waals surface area contributed by atoms with Crippen molar-refractivity contribution in [3.05, 3.63) is 29.8 Å². The molecule has 6 nitrogen and oxygen atoms in total. The van der Waals surface area contributed by atoms with Gasteiger partial charge < -0.3 is 19.9 Å². The molecule has 2 N–H and O–H groups in total. The highest BCUT2D eigenvalue weighted by atomic mass is 16.6. The number of carbonyl (C=O) groups is 2. The monoisotopic (exact) mass is 309 g/mol. The van der Waals surface area contributed by atoms with E-state index < -0.39 is 23.7 Å². The Morgan fingerprint density at radius 1 is 1.23 bits per heavy atom. The number of nitrogens with one attached hydrogen (secondary N) is 1. The molecular weight excluding hydrogens is 286 g/mol. The normalized spacial score (nSPS) is 12.4. The highest BCUT2D eigenvalue weighted by Crippen LogP contribution is 2.14. The average molecular weight is 309 g/mol. The summed E-state index contributed by atoms with van der Waals surface area (Å²) in [4.78, 5) is 23.0. The summed E-state index contributed by atoms with van der Waals surface area (Å²) < 4.78 is 10.4. The molecule has 1 aromatic carbocycles. The minimum absolute atomic E-state index is 0.168. The first-order chi connectivity index (χ1) is 10.2. The average Bonchev–Trinajstić information content (AvgIpc) is 2.38. The minimum atomic E-state index is -1.11. The molecule has 1 amide bonds. The van der Waals surface area contributed by atoms with E-state index in [4.69, 9.17) is 9.47 Å². The maximum atomic E-state index is 11.7. The molecule has 0 radical (unpaired) electrons. The quantitative estimate of drug-likeness (QED) is 0.843. The summed E-state index contributed by atoms with van der Waals surface area (Å²) in [6.45, 7) is 7.61. The van der Waals surface area contributed by atoms with Gasteiger partial charge >= 0.3 is 12.1 Å². The van der Waals surface area contributed by atoms with Crippen LogP contribution in [0.2, 0.25) is 0 Å². The Bertz CT molecular complexity index is 504. The largest absolute Gasteiger partial charge is 0.494 e. The van der Waals surface area contributed by atoms with E-state index in [0.29, 0.717) is 6.61 Å². The number of carboxylic acids is 1. The Hall–Kier alpha value is -2.24. The summed E-state index contributed by atoms with van der Waals surface area (Å²) in [6.07, 6.45) is -0.577. The van der Waals surface area contributed by atoms with Gasteiger partial charge in [0, 0.05) is 6.42 Å². The van der Waals surface area contributed by atoms with E-state index in [9.17, 15) is 14.7 Å². The number of carboxylic acid groups (broad SMARTS) is 1. The first kappa shape index (κ1) is 17.8. The highest BCUT2D eigenvalue weighted by Gasteiger charge is 2.24. The fraction of sp³-hybridized carbons (Fsp3) is 0.500. The molecule has 0 aliphatic heterocycles. The van der Waals surface area contributed by atoms with E-state index in [1.54, 1.807) is 45.0 Å². The summed E-state index contributed by atoms with van der Waals surface area (Å²) in [6, 6.07) is 6.04. The number of benzene rings is 1. The fourth-order valence-corrected chi connectivity index (χ4v) is 1.77. The summed E-state index contributed by atoms with van der Waals surface area (Å²) in [5, 5.41) is 11.6. The molecule has 0 unspecified atom stereocenters. The van der Waals surface area contributed by atoms with Crippen molar-refractivity contribution in [1.82, 2.24) is 5.32 Å². The third kappa shape index (κ3) is 6.47. The molecule has 0 fully saturated rings. The van der Waals surface area contributed by atoms with E-state index in [2.05, 4.69) is 5.32 Å². The van der Waals surface area contributed by atoms with E-state index in [-0.39, 0.29) is 6.42 Å². The van der Waals surface area contributed by atoms with Gasteiger partial charge in [-0.05, 0) is 45.4 Å². The molecule has 22 heavy (non-hydrogen) atoms. The molecule has 0 aromatic heterocycles. The zero-order valence-corrected chi connectivity index (χ0v) is 13.4. The number of rotatable bonds is 6. The van der Waals surface area contributed by atoms with Crippen LogP contribution >= 0.6 is 0 Å². The molecule has 0 bridgehead atoms. The number of hydrogen-bond donors (Lipinski definition) is 2. The van der Waals surface area contributed by atoms with Crippen LogP contribution in [0.1, 0.15) is 33.3 Å². The lowest BCUT2D eigenvalue weighted by atomic mass is 10.1. The van der Waals surface area contributed by atoms with Crippen LogP contribution in [0.4, 0.5) is 4.79 Å². The molecule has 0 spiro atoms. The van der Waals surface area contributed by atoms with Crippen LogP contribution in [0.3, 0.4) is 0 Å². The van der Waals surface area contributed by atoms with Gasteiger partial charge in [0.2, 0.25) is 0 Å². The lowest BCUT2D eigenvalue weighted by Gasteiger charge is -2.22. The van der Waals surface area contributed by atoms with Crippen LogP contribution in [0.25, 0.3) is 0 Å². The fourth-order valence-electron chi connectivity index (χ4n) is 1.77. The summed E-state index contributed by atoms with van der Waals surface area (Å²) in [7, 11) is 0. The Morgan fingerprint density at radius 2 is 1.82 bits per heavy atom. The van der Waals surface area contributed by atoms with Crippen molar-refractivity contribution < 1.29 is 24.2 Å². The summed E-state index contributed by atoms with van der Waals surface area (Å²) in [5.74, 6) is -0.391. The van der Waals surface area contributed by atoms with Gasteiger partial charge in [-0.25, -0.2) is 9.59 Å². The van der Waals surface area contributed by atoms with Crippen LogP contribution in [-0.4, -0.2) is 35.4 Å². The Morgan fingerprint density at radius 3 is 2.27 bits per heavy atom. The second-order valence-electron chi connectivity index (χ2n) is 5.82. The van der Waals surface area contributed by atoms with Gasteiger partial charge in [-0.15, -0.1) is 0 Å². The number of alkyl carbamates (subject to hydrolysis) is 1. The van der Waals surface area contributed by atoms with E-state index in [0.717, 1.165) is 11.3 Å². The number of ether oxygens (including phenoxy) is 2. The van der Waals surface area contributed by atoms with Crippen molar-refractivity contribution in [1.29, 1.82) is 0 Å². The van der Waals surface area contributed by atoms with Crippen LogP contribution < -0.4 is 10.1 Å². The van der Waals surface area contributed by atoms with Crippen molar-refractivity contribution in [2.24, 2.45) is 0 Å². The summed E-state index contributed by atoms with van der Waals surface area (Å²) in [5.41, 5.74) is 0.110. The first-order valence-corrected chi connectivity index (χ1v) is 7.15. The highest BCUT2D eigenvalue weighted by molar-refractivity contribution is 5.80. The van der Waals surface area contributed by atoms with E-state index >= 15 is 0 Å². The maximum absolute atomic E-state index is 11.7. The molecular formula is C16H23NO5. The van der Waals surface area contributed by atoms with Gasteiger partial charge in [0.15, 0.2) is 0 Å². The number of aliphatic carboxylic acids is 1. The van der Waals surface area contributed by atoms with Crippen molar-refractivity contribution >= 4 is 12.1 Å². The molecule has 0 saturated carbocycles. The molecule has 0 aliphatic carbocycles.